The second kappa shape index (κ2) is 6.12. The number of nitrogens with zero attached hydrogens (tertiary/aromatic N) is 1. The summed E-state index contributed by atoms with van der Waals surface area (Å²) in [6, 6.07) is -0.988. The van der Waals surface area contributed by atoms with Crippen molar-refractivity contribution in [2.75, 3.05) is 20.7 Å². The first kappa shape index (κ1) is 15.3. The van der Waals surface area contributed by atoms with Gasteiger partial charge in [-0.3, -0.25) is 0 Å². The van der Waals surface area contributed by atoms with E-state index in [9.17, 15) is 22.8 Å². The lowest BCUT2D eigenvalue weighted by molar-refractivity contribution is -0.138. The van der Waals surface area contributed by atoms with Crippen molar-refractivity contribution in [3.63, 3.8) is 0 Å². The third kappa shape index (κ3) is 5.79. The molecule has 0 aliphatic heterocycles. The lowest BCUT2D eigenvalue weighted by Gasteiger charge is -2.16. The van der Waals surface area contributed by atoms with Gasteiger partial charge in [0.25, 0.3) is 0 Å². The van der Waals surface area contributed by atoms with Crippen molar-refractivity contribution < 1.29 is 27.5 Å². The van der Waals surface area contributed by atoms with Gasteiger partial charge in [0, 0.05) is 14.1 Å². The molecule has 0 saturated carbocycles. The number of esters is 1. The topological polar surface area (TPSA) is 58.6 Å². The quantitative estimate of drug-likeness (QED) is 0.609. The van der Waals surface area contributed by atoms with Crippen LogP contribution in [0, 0.1) is 0 Å². The molecular weight excluding hydrogens is 241 g/mol. The standard InChI is InChI=1S/C9H13F3N2O3/c1-4-17-7(15)5-6(9(10,11)12)13-8(16)14(2)3/h5H,4H2,1-3H3,(H,13,16)/b6-5+. The first-order valence-electron chi connectivity index (χ1n) is 4.62. The van der Waals surface area contributed by atoms with Crippen molar-refractivity contribution in [1.82, 2.24) is 10.2 Å². The molecular formula is C9H13F3N2O3. The number of carbonyl (C=O) groups is 2. The molecule has 0 rings (SSSR count). The highest BCUT2D eigenvalue weighted by Gasteiger charge is 2.36. The van der Waals surface area contributed by atoms with Gasteiger partial charge in [-0.1, -0.05) is 0 Å². The molecule has 0 atom stereocenters. The van der Waals surface area contributed by atoms with Crippen molar-refractivity contribution in [1.29, 1.82) is 0 Å². The number of amides is 2. The van der Waals surface area contributed by atoms with Gasteiger partial charge in [0.15, 0.2) is 0 Å². The maximum absolute atomic E-state index is 12.4. The number of urea groups is 1. The molecule has 0 aliphatic rings. The number of rotatable bonds is 3. The van der Waals surface area contributed by atoms with Gasteiger partial charge in [0.2, 0.25) is 0 Å². The predicted octanol–water partition coefficient (Wildman–Crippen LogP) is 1.27. The Kier molecular flexibility index (Phi) is 5.49. The van der Waals surface area contributed by atoms with Crippen molar-refractivity contribution in [3.05, 3.63) is 11.8 Å². The number of ether oxygens (including phenoxy) is 1. The fourth-order valence-electron chi connectivity index (χ4n) is 0.718. The molecule has 0 aliphatic carbocycles. The molecule has 0 bridgehead atoms. The molecule has 2 amide bonds. The van der Waals surface area contributed by atoms with Crippen LogP contribution in [-0.4, -0.2) is 43.8 Å². The van der Waals surface area contributed by atoms with Crippen molar-refractivity contribution in [2.24, 2.45) is 0 Å². The van der Waals surface area contributed by atoms with E-state index in [-0.39, 0.29) is 12.7 Å². The Labute approximate surface area is 96.2 Å². The molecule has 0 aromatic carbocycles. The average molecular weight is 254 g/mol. The van der Waals surface area contributed by atoms with Crippen molar-refractivity contribution in [3.8, 4) is 0 Å². The second-order valence-electron chi connectivity index (χ2n) is 3.13. The molecule has 0 aromatic heterocycles. The van der Waals surface area contributed by atoms with Crippen LogP contribution in [0.3, 0.4) is 0 Å². The van der Waals surface area contributed by atoms with E-state index in [1.54, 1.807) is 5.32 Å². The minimum atomic E-state index is -4.83. The monoisotopic (exact) mass is 254 g/mol. The highest BCUT2D eigenvalue weighted by molar-refractivity contribution is 5.85. The fourth-order valence-corrected chi connectivity index (χ4v) is 0.718. The molecule has 0 radical (unpaired) electrons. The number of nitrogens with one attached hydrogen (secondary N) is 1. The van der Waals surface area contributed by atoms with Crippen molar-refractivity contribution in [2.45, 2.75) is 13.1 Å². The molecule has 0 heterocycles. The minimum Gasteiger partial charge on any atom is -0.463 e. The molecule has 98 valence electrons. The van der Waals surface area contributed by atoms with Gasteiger partial charge in [-0.05, 0) is 6.92 Å². The molecule has 17 heavy (non-hydrogen) atoms. The van der Waals surface area contributed by atoms with Crippen LogP contribution in [0.1, 0.15) is 6.92 Å². The molecule has 0 unspecified atom stereocenters. The van der Waals surface area contributed by atoms with E-state index in [4.69, 9.17) is 0 Å². The number of hydrogen-bond donors (Lipinski definition) is 1. The maximum atomic E-state index is 12.4. The first-order valence-corrected chi connectivity index (χ1v) is 4.62. The SMILES string of the molecule is CCOC(=O)/C=C(/NC(=O)N(C)C)C(F)(F)F. The Morgan fingerprint density at radius 2 is 1.88 bits per heavy atom. The van der Waals surface area contributed by atoms with E-state index in [1.807, 2.05) is 0 Å². The molecule has 8 heteroatoms. The largest absolute Gasteiger partial charge is 0.463 e. The van der Waals surface area contributed by atoms with Gasteiger partial charge < -0.3 is 15.0 Å². The van der Waals surface area contributed by atoms with Gasteiger partial charge in [0.1, 0.15) is 5.70 Å². The second-order valence-corrected chi connectivity index (χ2v) is 3.13. The zero-order chi connectivity index (χ0) is 13.6. The summed E-state index contributed by atoms with van der Waals surface area (Å²) in [7, 11) is 2.54. The van der Waals surface area contributed by atoms with Gasteiger partial charge in [-0.2, -0.15) is 13.2 Å². The maximum Gasteiger partial charge on any atom is 0.431 e. The summed E-state index contributed by atoms with van der Waals surface area (Å²) in [6.07, 6.45) is -4.64. The zero-order valence-corrected chi connectivity index (χ0v) is 9.59. The summed E-state index contributed by atoms with van der Waals surface area (Å²) in [5, 5.41) is 1.57. The summed E-state index contributed by atoms with van der Waals surface area (Å²) in [5.41, 5.74) is -1.46. The minimum absolute atomic E-state index is 0.0535. The van der Waals surface area contributed by atoms with E-state index < -0.39 is 23.9 Å². The summed E-state index contributed by atoms with van der Waals surface area (Å²) >= 11 is 0. The molecule has 5 nitrogen and oxygen atoms in total. The van der Waals surface area contributed by atoms with Gasteiger partial charge in [0.05, 0.1) is 12.7 Å². The Morgan fingerprint density at radius 1 is 1.35 bits per heavy atom. The van der Waals surface area contributed by atoms with Crippen LogP contribution in [0.2, 0.25) is 0 Å². The normalized spacial score (nSPS) is 12.0. The van der Waals surface area contributed by atoms with Gasteiger partial charge in [-0.15, -0.1) is 0 Å². The van der Waals surface area contributed by atoms with Crippen molar-refractivity contribution >= 4 is 12.0 Å². The van der Waals surface area contributed by atoms with E-state index in [2.05, 4.69) is 4.74 Å². The lowest BCUT2D eigenvalue weighted by atomic mass is 10.4. The third-order valence-corrected chi connectivity index (χ3v) is 1.50. The molecule has 0 spiro atoms. The highest BCUT2D eigenvalue weighted by Crippen LogP contribution is 2.23. The number of alkyl halides is 3. The van der Waals surface area contributed by atoms with Crippen LogP contribution >= 0.6 is 0 Å². The Bertz CT molecular complexity index is 324. The van der Waals surface area contributed by atoms with Crippen LogP contribution < -0.4 is 5.32 Å². The summed E-state index contributed by atoms with van der Waals surface area (Å²) in [6.45, 7) is 1.40. The number of carbonyl (C=O) groups excluding carboxylic acids is 2. The van der Waals surface area contributed by atoms with Gasteiger partial charge >= 0.3 is 18.2 Å². The van der Waals surface area contributed by atoms with Crippen LogP contribution in [0.5, 0.6) is 0 Å². The Morgan fingerprint density at radius 3 is 2.24 bits per heavy atom. The number of halogens is 3. The Hall–Kier alpha value is -1.73. The van der Waals surface area contributed by atoms with Gasteiger partial charge in [-0.25, -0.2) is 9.59 Å². The number of hydrogen-bond acceptors (Lipinski definition) is 3. The Balaban J connectivity index is 4.91. The van der Waals surface area contributed by atoms with Crippen LogP contribution in [0.4, 0.5) is 18.0 Å². The van der Waals surface area contributed by atoms with E-state index in [0.29, 0.717) is 0 Å². The van der Waals surface area contributed by atoms with Crippen LogP contribution in [0.15, 0.2) is 11.8 Å². The smallest absolute Gasteiger partial charge is 0.431 e. The lowest BCUT2D eigenvalue weighted by Crippen LogP contribution is -2.38. The summed E-state index contributed by atoms with van der Waals surface area (Å²) in [4.78, 5) is 22.9. The molecule has 0 saturated heterocycles. The van der Waals surface area contributed by atoms with E-state index >= 15 is 0 Å². The zero-order valence-electron chi connectivity index (χ0n) is 9.59. The summed E-state index contributed by atoms with van der Waals surface area (Å²) < 4.78 is 41.6. The average Bonchev–Trinajstić information content (AvgIpc) is 2.15. The first-order chi connectivity index (χ1) is 7.68. The summed E-state index contributed by atoms with van der Waals surface area (Å²) in [5.74, 6) is -1.17. The third-order valence-electron chi connectivity index (χ3n) is 1.50. The predicted molar refractivity (Wildman–Crippen MR) is 53.0 cm³/mol. The van der Waals surface area contributed by atoms with Crippen LogP contribution in [-0.2, 0) is 9.53 Å². The van der Waals surface area contributed by atoms with E-state index in [1.165, 1.54) is 21.0 Å². The van der Waals surface area contributed by atoms with Crippen LogP contribution in [0.25, 0.3) is 0 Å². The molecule has 1 N–H and O–H groups in total. The molecule has 0 aromatic rings. The van der Waals surface area contributed by atoms with E-state index in [0.717, 1.165) is 4.90 Å². The molecule has 0 fully saturated rings. The fraction of sp³-hybridized carbons (Fsp3) is 0.556. The number of allylic oxidation sites excluding steroid dienone is 1. The highest BCUT2D eigenvalue weighted by atomic mass is 19.4.